The number of methoxy groups -OCH3 is 1. The fourth-order valence-corrected chi connectivity index (χ4v) is 8.65. The van der Waals surface area contributed by atoms with Crippen molar-refractivity contribution in [3.8, 4) is 0 Å². The number of imidazole rings is 1. The van der Waals surface area contributed by atoms with Crippen molar-refractivity contribution in [1.29, 1.82) is 0 Å². The van der Waals surface area contributed by atoms with Crippen LogP contribution < -0.4 is 11.1 Å². The Hall–Kier alpha value is -2.98. The average Bonchev–Trinajstić information content (AvgIpc) is 3.62. The van der Waals surface area contributed by atoms with Gasteiger partial charge < -0.3 is 29.4 Å². The molecule has 12 heteroatoms. The van der Waals surface area contributed by atoms with Gasteiger partial charge in [-0.1, -0.05) is 102 Å². The van der Waals surface area contributed by atoms with Crippen molar-refractivity contribution in [2.45, 2.75) is 115 Å². The van der Waals surface area contributed by atoms with Crippen LogP contribution in [0, 0.1) is 0 Å². The zero-order valence-electron chi connectivity index (χ0n) is 32.6. The van der Waals surface area contributed by atoms with Crippen LogP contribution >= 0.6 is 0 Å². The Morgan fingerprint density at radius 2 is 1.39 bits per heavy atom. The molecule has 0 radical (unpaired) electrons. The van der Waals surface area contributed by atoms with E-state index in [1.807, 2.05) is 23.0 Å². The highest BCUT2D eigenvalue weighted by Gasteiger charge is 2.54. The Bertz CT molecular complexity index is 1680. The van der Waals surface area contributed by atoms with Crippen molar-refractivity contribution < 1.29 is 18.3 Å². The van der Waals surface area contributed by atoms with Gasteiger partial charge in [0.25, 0.3) is 0 Å². The molecule has 4 atom stereocenters. The highest BCUT2D eigenvalue weighted by molar-refractivity contribution is 6.74. The largest absolute Gasteiger partial charge is 0.408 e. The molecular weight excluding hydrogens is 673 g/mol. The third-order valence-corrected chi connectivity index (χ3v) is 20.0. The second kappa shape index (κ2) is 15.6. The molecule has 1 fully saturated rings. The predicted molar refractivity (Wildman–Crippen MR) is 211 cm³/mol. The number of benzene rings is 2. The van der Waals surface area contributed by atoms with Gasteiger partial charge in [0.15, 0.2) is 39.8 Å². The van der Waals surface area contributed by atoms with Crippen LogP contribution in [-0.4, -0.2) is 81.3 Å². The summed E-state index contributed by atoms with van der Waals surface area (Å²) < 4.78 is 29.2. The molecule has 2 aromatic carbocycles. The number of nitrogens with two attached hydrogens (primary N) is 1. The predicted octanol–water partition coefficient (Wildman–Crippen LogP) is 7.90. The van der Waals surface area contributed by atoms with Crippen LogP contribution in [0.4, 0.5) is 5.82 Å². The summed E-state index contributed by atoms with van der Waals surface area (Å²) in [6, 6.07) is 21.1. The summed E-state index contributed by atoms with van der Waals surface area (Å²) in [4.78, 5) is 14.9. The van der Waals surface area contributed by atoms with Crippen LogP contribution in [0.5, 0.6) is 0 Å². The van der Waals surface area contributed by atoms with Crippen LogP contribution in [-0.2, 0) is 24.7 Å². The zero-order chi connectivity index (χ0) is 37.2. The summed E-state index contributed by atoms with van der Waals surface area (Å²) in [6.07, 6.45) is 0.685. The van der Waals surface area contributed by atoms with E-state index in [1.165, 1.54) is 11.1 Å². The molecule has 4 aromatic rings. The lowest BCUT2D eigenvalue weighted by atomic mass is 9.91. The number of rotatable bonds is 14. The van der Waals surface area contributed by atoms with Gasteiger partial charge >= 0.3 is 0 Å². The Kier molecular flexibility index (Phi) is 12.0. The molecule has 2 aromatic heterocycles. The second-order valence-corrected chi connectivity index (χ2v) is 26.3. The van der Waals surface area contributed by atoms with Crippen molar-refractivity contribution in [2.75, 3.05) is 32.1 Å². The average molecular weight is 733 g/mol. The molecule has 4 unspecified atom stereocenters. The Balaban J connectivity index is 1.59. The van der Waals surface area contributed by atoms with E-state index in [0.29, 0.717) is 48.9 Å². The normalized spacial score (nSPS) is 20.4. The van der Waals surface area contributed by atoms with Crippen LogP contribution in [0.1, 0.15) is 70.6 Å². The first-order chi connectivity index (χ1) is 24.0. The minimum Gasteiger partial charge on any atom is -0.408 e. The first-order valence-corrected chi connectivity index (χ1v) is 24.1. The number of ether oxygens (including phenoxy) is 2. The third kappa shape index (κ3) is 8.64. The zero-order valence-corrected chi connectivity index (χ0v) is 34.6. The van der Waals surface area contributed by atoms with E-state index in [2.05, 4.69) is 122 Å². The minimum atomic E-state index is -2.31. The van der Waals surface area contributed by atoms with E-state index < -0.39 is 29.0 Å². The van der Waals surface area contributed by atoms with E-state index in [1.54, 1.807) is 7.11 Å². The number of nitrogens with one attached hydrogen (secondary N) is 1. The molecule has 10 nitrogen and oxygen atoms in total. The third-order valence-electron chi connectivity index (χ3n) is 11.1. The van der Waals surface area contributed by atoms with Crippen LogP contribution in [0.15, 0.2) is 67.0 Å². The molecule has 0 amide bonds. The van der Waals surface area contributed by atoms with E-state index in [9.17, 15) is 0 Å². The molecule has 278 valence electrons. The van der Waals surface area contributed by atoms with Crippen LogP contribution in [0.3, 0.4) is 0 Å². The number of anilines is 1. The number of fused-ring (bicyclic) bond motifs is 1. The molecule has 0 saturated carbocycles. The maximum atomic E-state index is 7.31. The van der Waals surface area contributed by atoms with E-state index in [4.69, 9.17) is 39.0 Å². The van der Waals surface area contributed by atoms with Crippen LogP contribution in [0.2, 0.25) is 36.3 Å². The topological polar surface area (TPSA) is 119 Å². The Labute approximate surface area is 307 Å². The lowest BCUT2D eigenvalue weighted by molar-refractivity contribution is -0.0562. The summed E-state index contributed by atoms with van der Waals surface area (Å²) >= 11 is 0. The molecule has 3 heterocycles. The van der Waals surface area contributed by atoms with Gasteiger partial charge in [-0.15, -0.1) is 0 Å². The van der Waals surface area contributed by atoms with E-state index >= 15 is 0 Å². The maximum absolute atomic E-state index is 7.31. The van der Waals surface area contributed by atoms with Gasteiger partial charge in [0.1, 0.15) is 24.1 Å². The highest BCUT2D eigenvalue weighted by atomic mass is 28.4. The van der Waals surface area contributed by atoms with Crippen LogP contribution in [0.25, 0.3) is 11.2 Å². The van der Waals surface area contributed by atoms with Gasteiger partial charge in [-0.25, -0.2) is 15.0 Å². The molecule has 51 heavy (non-hydrogen) atoms. The summed E-state index contributed by atoms with van der Waals surface area (Å²) in [6.45, 7) is 24.1. The summed E-state index contributed by atoms with van der Waals surface area (Å²) in [5.41, 5.74) is 9.85. The number of hydrogen-bond acceptors (Lipinski definition) is 9. The second-order valence-electron chi connectivity index (χ2n) is 16.8. The molecule has 5 rings (SSSR count). The first-order valence-electron chi connectivity index (χ1n) is 18.2. The van der Waals surface area contributed by atoms with Gasteiger partial charge in [-0.3, -0.25) is 4.57 Å². The number of nitrogens with zero attached hydrogens (tertiary/aromatic N) is 4. The first kappa shape index (κ1) is 39.2. The van der Waals surface area contributed by atoms with Gasteiger partial charge in [0.2, 0.25) is 0 Å². The van der Waals surface area contributed by atoms with Crippen molar-refractivity contribution in [3.63, 3.8) is 0 Å². The molecule has 3 N–H and O–H groups in total. The molecule has 0 spiro atoms. The van der Waals surface area contributed by atoms with Gasteiger partial charge in [0.05, 0.1) is 12.9 Å². The highest BCUT2D eigenvalue weighted by Crippen LogP contribution is 2.46. The molecular formula is C39H60N6O4Si2. The molecule has 0 aliphatic carbocycles. The quantitative estimate of drug-likeness (QED) is 0.125. The van der Waals surface area contributed by atoms with E-state index in [-0.39, 0.29) is 28.2 Å². The van der Waals surface area contributed by atoms with E-state index in [0.717, 1.165) is 0 Å². The molecule has 1 aliphatic heterocycles. The fraction of sp³-hybridized carbons (Fsp3) is 0.564. The maximum Gasteiger partial charge on any atom is 0.192 e. The van der Waals surface area contributed by atoms with Gasteiger partial charge in [0, 0.05) is 26.0 Å². The summed E-state index contributed by atoms with van der Waals surface area (Å²) in [5.74, 6) is 1.41. The Morgan fingerprint density at radius 3 is 1.90 bits per heavy atom. The van der Waals surface area contributed by atoms with Crippen molar-refractivity contribution in [1.82, 2.24) is 19.5 Å². The van der Waals surface area contributed by atoms with Gasteiger partial charge in [-0.2, -0.15) is 0 Å². The molecule has 0 bridgehead atoms. The lowest BCUT2D eigenvalue weighted by Gasteiger charge is -2.44. The van der Waals surface area contributed by atoms with Crippen molar-refractivity contribution in [3.05, 3.63) is 83.9 Å². The SMILES string of the molecule is COCC1OC(n2cnc3c(NCC(c4ccccc4)c4ccccc4)nc(CCN)nc32)C(O[Si](C)(C)C(C)(C)C)C1O[Si](C)(C)C(C)(C)C. The lowest BCUT2D eigenvalue weighted by Crippen LogP contribution is -2.54. The van der Waals surface area contributed by atoms with Gasteiger partial charge in [-0.05, 0) is 53.9 Å². The number of hydrogen-bond donors (Lipinski definition) is 2. The minimum absolute atomic E-state index is 0.00574. The smallest absolute Gasteiger partial charge is 0.192 e. The molecule has 1 aliphatic rings. The Morgan fingerprint density at radius 1 is 0.843 bits per heavy atom. The summed E-state index contributed by atoms with van der Waals surface area (Å²) in [5, 5.41) is 3.63. The summed E-state index contributed by atoms with van der Waals surface area (Å²) in [7, 11) is -2.86. The fourth-order valence-electron chi connectivity index (χ4n) is 6.04. The monoisotopic (exact) mass is 732 g/mol. The standard InChI is InChI=1S/C39H60N6O4Si2/c1-38(2,3)50(8,9)48-33-30(25-46-7)47-37(34(33)49-51(10,11)39(4,5)6)45-26-42-32-35(43-31(22-23-40)44-36(32)45)41-24-29(27-18-14-12-15-19-27)28-20-16-13-17-21-28/h12-21,26,29-30,33-34,37H,22-25,40H2,1-11H3,(H,41,43,44). The van der Waals surface area contributed by atoms with Crippen molar-refractivity contribution in [2.24, 2.45) is 5.73 Å². The van der Waals surface area contributed by atoms with Crippen molar-refractivity contribution >= 4 is 33.6 Å². The number of aromatic nitrogens is 4. The molecule has 1 saturated heterocycles.